The first-order valence-corrected chi connectivity index (χ1v) is 5.34. The number of rotatable bonds is 3. The third-order valence-corrected chi connectivity index (χ3v) is 3.27. The van der Waals surface area contributed by atoms with Gasteiger partial charge in [-0.05, 0) is 31.9 Å². The van der Waals surface area contributed by atoms with Crippen LogP contribution in [0.3, 0.4) is 0 Å². The number of aromatic nitrogens is 1. The Labute approximate surface area is 101 Å². The second-order valence-electron chi connectivity index (χ2n) is 2.67. The van der Waals surface area contributed by atoms with Crippen LogP contribution in [0.2, 0.25) is 0 Å². The molecule has 1 rings (SSSR count). The Bertz CT molecular complexity index is 398. The van der Waals surface area contributed by atoms with E-state index in [1.165, 1.54) is 0 Å². The fourth-order valence-corrected chi connectivity index (χ4v) is 2.29. The molecule has 0 saturated heterocycles. The maximum absolute atomic E-state index is 12.4. The smallest absolute Gasteiger partial charge is 0.307 e. The van der Waals surface area contributed by atoms with Crippen LogP contribution in [-0.4, -0.2) is 16.1 Å². The van der Waals surface area contributed by atoms with Crippen molar-refractivity contribution in [1.82, 2.24) is 4.98 Å². The molecule has 82 valence electrons. The Kier molecular flexibility index (Phi) is 4.15. The van der Waals surface area contributed by atoms with Gasteiger partial charge in [0.25, 0.3) is 6.43 Å². The van der Waals surface area contributed by atoms with Gasteiger partial charge in [0.05, 0.1) is 12.0 Å². The quantitative estimate of drug-likeness (QED) is 0.857. The van der Waals surface area contributed by atoms with E-state index in [2.05, 4.69) is 36.8 Å². The fourth-order valence-electron chi connectivity index (χ4n) is 0.979. The monoisotopic (exact) mass is 343 g/mol. The molecule has 0 radical (unpaired) electrons. The van der Waals surface area contributed by atoms with Crippen molar-refractivity contribution in [3.05, 3.63) is 26.4 Å². The standard InChI is InChI=1S/C8H5Br2F2NO2/c9-6-3(1-5(14)15)7(10)13-2-4(6)8(11)12/h2,8H,1H2,(H,14,15). The van der Waals surface area contributed by atoms with Gasteiger partial charge in [-0.1, -0.05) is 0 Å². The molecule has 0 aromatic carbocycles. The van der Waals surface area contributed by atoms with Gasteiger partial charge in [-0.3, -0.25) is 4.79 Å². The first-order chi connectivity index (χ1) is 6.93. The van der Waals surface area contributed by atoms with Crippen LogP contribution in [0.1, 0.15) is 17.6 Å². The van der Waals surface area contributed by atoms with Gasteiger partial charge in [0, 0.05) is 16.2 Å². The summed E-state index contributed by atoms with van der Waals surface area (Å²) in [5.74, 6) is -1.11. The number of pyridine rings is 1. The zero-order valence-electron chi connectivity index (χ0n) is 7.18. The molecule has 0 aliphatic heterocycles. The second kappa shape index (κ2) is 4.98. The maximum Gasteiger partial charge on any atom is 0.307 e. The molecule has 1 aromatic rings. The van der Waals surface area contributed by atoms with Gasteiger partial charge >= 0.3 is 5.97 Å². The van der Waals surface area contributed by atoms with Crippen LogP contribution in [-0.2, 0) is 11.2 Å². The molecule has 1 aromatic heterocycles. The number of halogens is 4. The molecule has 1 N–H and O–H groups in total. The second-order valence-corrected chi connectivity index (χ2v) is 4.21. The third kappa shape index (κ3) is 2.94. The Morgan fingerprint density at radius 1 is 1.53 bits per heavy atom. The van der Waals surface area contributed by atoms with Crippen LogP contribution in [0.25, 0.3) is 0 Å². The predicted octanol–water partition coefficient (Wildman–Crippen LogP) is 3.17. The molecule has 7 heteroatoms. The SMILES string of the molecule is O=C(O)Cc1c(Br)ncc(C(F)F)c1Br. The highest BCUT2D eigenvalue weighted by atomic mass is 79.9. The lowest BCUT2D eigenvalue weighted by atomic mass is 10.1. The van der Waals surface area contributed by atoms with Crippen LogP contribution < -0.4 is 0 Å². The lowest BCUT2D eigenvalue weighted by Gasteiger charge is -2.08. The Morgan fingerprint density at radius 2 is 2.13 bits per heavy atom. The number of hydrogen-bond donors (Lipinski definition) is 1. The van der Waals surface area contributed by atoms with Gasteiger partial charge in [0.15, 0.2) is 0 Å². The van der Waals surface area contributed by atoms with Crippen molar-refractivity contribution < 1.29 is 18.7 Å². The molecule has 0 unspecified atom stereocenters. The average molecular weight is 345 g/mol. The van der Waals surface area contributed by atoms with Crippen LogP contribution in [0.15, 0.2) is 15.3 Å². The number of alkyl halides is 2. The summed E-state index contributed by atoms with van der Waals surface area (Å²) in [5, 5.41) is 8.59. The molecule has 0 aliphatic carbocycles. The number of carbonyl (C=O) groups is 1. The predicted molar refractivity (Wildman–Crippen MR) is 55.9 cm³/mol. The van der Waals surface area contributed by atoms with Gasteiger partial charge in [-0.25, -0.2) is 13.8 Å². The number of hydrogen-bond acceptors (Lipinski definition) is 2. The molecule has 0 fully saturated rings. The summed E-state index contributed by atoms with van der Waals surface area (Å²) in [6.07, 6.45) is -2.05. The van der Waals surface area contributed by atoms with E-state index in [1.807, 2.05) is 0 Å². The van der Waals surface area contributed by atoms with Crippen molar-refractivity contribution in [3.63, 3.8) is 0 Å². The molecule has 0 spiro atoms. The zero-order chi connectivity index (χ0) is 11.6. The minimum absolute atomic E-state index is 0.0850. The minimum atomic E-state index is -2.69. The Morgan fingerprint density at radius 3 is 2.60 bits per heavy atom. The third-order valence-electron chi connectivity index (χ3n) is 1.65. The molecule has 0 aliphatic rings. The van der Waals surface area contributed by atoms with Gasteiger partial charge in [-0.15, -0.1) is 0 Å². The molecule has 0 bridgehead atoms. The van der Waals surface area contributed by atoms with Crippen molar-refractivity contribution in [2.45, 2.75) is 12.8 Å². The Balaban J connectivity index is 3.23. The highest BCUT2D eigenvalue weighted by molar-refractivity contribution is 9.11. The number of aliphatic carboxylic acids is 1. The van der Waals surface area contributed by atoms with E-state index in [4.69, 9.17) is 5.11 Å². The van der Waals surface area contributed by atoms with Gasteiger partial charge in [0.1, 0.15) is 4.60 Å². The van der Waals surface area contributed by atoms with Crippen LogP contribution >= 0.6 is 31.9 Å². The molecular formula is C8H5Br2F2NO2. The highest BCUT2D eigenvalue weighted by Crippen LogP contribution is 2.33. The summed E-state index contributed by atoms with van der Waals surface area (Å²) in [6, 6.07) is 0. The van der Waals surface area contributed by atoms with E-state index in [0.717, 1.165) is 6.20 Å². The van der Waals surface area contributed by atoms with E-state index < -0.39 is 12.4 Å². The summed E-state index contributed by atoms with van der Waals surface area (Å²) in [6.45, 7) is 0. The van der Waals surface area contributed by atoms with Crippen molar-refractivity contribution in [3.8, 4) is 0 Å². The number of carboxylic acids is 1. The van der Waals surface area contributed by atoms with E-state index in [9.17, 15) is 13.6 Å². The minimum Gasteiger partial charge on any atom is -0.481 e. The van der Waals surface area contributed by atoms with Crippen molar-refractivity contribution in [2.75, 3.05) is 0 Å². The number of nitrogens with zero attached hydrogens (tertiary/aromatic N) is 1. The van der Waals surface area contributed by atoms with Crippen LogP contribution in [0.5, 0.6) is 0 Å². The first-order valence-electron chi connectivity index (χ1n) is 3.76. The van der Waals surface area contributed by atoms with Crippen LogP contribution in [0, 0.1) is 0 Å². The van der Waals surface area contributed by atoms with Crippen molar-refractivity contribution in [2.24, 2.45) is 0 Å². The summed E-state index contributed by atoms with van der Waals surface area (Å²) < 4.78 is 25.2. The van der Waals surface area contributed by atoms with Crippen molar-refractivity contribution in [1.29, 1.82) is 0 Å². The molecule has 1 heterocycles. The van der Waals surface area contributed by atoms with Crippen molar-refractivity contribution >= 4 is 37.8 Å². The first kappa shape index (κ1) is 12.5. The normalized spacial score (nSPS) is 10.7. The van der Waals surface area contributed by atoms with Gasteiger partial charge in [-0.2, -0.15) is 0 Å². The zero-order valence-corrected chi connectivity index (χ0v) is 10.3. The molecule has 0 saturated carbocycles. The number of carboxylic acid groups (broad SMARTS) is 1. The largest absolute Gasteiger partial charge is 0.481 e. The van der Waals surface area contributed by atoms with Gasteiger partial charge < -0.3 is 5.11 Å². The molecular weight excluding hydrogens is 340 g/mol. The van der Waals surface area contributed by atoms with E-state index in [1.54, 1.807) is 0 Å². The molecule has 3 nitrogen and oxygen atoms in total. The topological polar surface area (TPSA) is 50.2 Å². The molecule has 0 atom stereocenters. The van der Waals surface area contributed by atoms with E-state index >= 15 is 0 Å². The van der Waals surface area contributed by atoms with E-state index in [0.29, 0.717) is 0 Å². The van der Waals surface area contributed by atoms with Crippen LogP contribution in [0.4, 0.5) is 8.78 Å². The molecule has 0 amide bonds. The average Bonchev–Trinajstić information content (AvgIpc) is 2.11. The lowest BCUT2D eigenvalue weighted by molar-refractivity contribution is -0.136. The van der Waals surface area contributed by atoms with Gasteiger partial charge in [0.2, 0.25) is 0 Å². The summed E-state index contributed by atoms with van der Waals surface area (Å²) in [4.78, 5) is 14.2. The summed E-state index contributed by atoms with van der Waals surface area (Å²) >= 11 is 5.96. The maximum atomic E-state index is 12.4. The Hall–Kier alpha value is -0.560. The summed E-state index contributed by atoms with van der Waals surface area (Å²) in [5.41, 5.74) is -0.102. The molecule has 15 heavy (non-hydrogen) atoms. The highest BCUT2D eigenvalue weighted by Gasteiger charge is 2.19. The summed E-state index contributed by atoms with van der Waals surface area (Å²) in [7, 11) is 0. The fraction of sp³-hybridized carbons (Fsp3) is 0.250. The lowest BCUT2D eigenvalue weighted by Crippen LogP contribution is -2.05. The van der Waals surface area contributed by atoms with E-state index in [-0.39, 0.29) is 26.6 Å².